The summed E-state index contributed by atoms with van der Waals surface area (Å²) in [7, 11) is 0. The molecule has 2 amide bonds. The van der Waals surface area contributed by atoms with Gasteiger partial charge < -0.3 is 0 Å². The van der Waals surface area contributed by atoms with Crippen molar-refractivity contribution < 1.29 is 9.59 Å². The SMILES string of the molecule is CC(C)=C1[C@H]2C=C[C@H]1[C@@H]1C(=O)N(C(C)C)C(=O)[C@H]12. The minimum atomic E-state index is -0.125. The van der Waals surface area contributed by atoms with Gasteiger partial charge in [0.25, 0.3) is 0 Å². The van der Waals surface area contributed by atoms with Crippen molar-refractivity contribution >= 4 is 11.8 Å². The highest BCUT2D eigenvalue weighted by Crippen LogP contribution is 2.56. The predicted octanol–water partition coefficient (Wildman–Crippen LogP) is 2.15. The van der Waals surface area contributed by atoms with Crippen molar-refractivity contribution in [3.8, 4) is 0 Å². The fraction of sp³-hybridized carbons (Fsp3) is 0.600. The number of hydrogen-bond acceptors (Lipinski definition) is 2. The van der Waals surface area contributed by atoms with E-state index in [1.54, 1.807) is 0 Å². The molecule has 18 heavy (non-hydrogen) atoms. The van der Waals surface area contributed by atoms with Gasteiger partial charge >= 0.3 is 0 Å². The molecule has 1 saturated carbocycles. The summed E-state index contributed by atoms with van der Waals surface area (Å²) in [6, 6.07) is -0.0230. The maximum Gasteiger partial charge on any atom is 0.234 e. The van der Waals surface area contributed by atoms with Crippen LogP contribution in [-0.4, -0.2) is 22.8 Å². The molecule has 0 aromatic carbocycles. The molecule has 3 rings (SSSR count). The molecule has 0 aromatic rings. The number of carbonyl (C=O) groups is 2. The standard InChI is InChI=1S/C15H19NO2/c1-7(2)11-9-5-6-10(11)13-12(9)14(17)16(8(3)4)15(13)18/h5-6,8-10,12-13H,1-4H3/t9-,10-,12+,13+/m1/s1. The molecule has 4 atom stereocenters. The van der Waals surface area contributed by atoms with Crippen LogP contribution in [0.5, 0.6) is 0 Å². The molecule has 3 heteroatoms. The van der Waals surface area contributed by atoms with Crippen molar-refractivity contribution in [2.45, 2.75) is 33.7 Å². The molecule has 3 nitrogen and oxygen atoms in total. The molecule has 1 saturated heterocycles. The van der Waals surface area contributed by atoms with Gasteiger partial charge in [0, 0.05) is 17.9 Å². The van der Waals surface area contributed by atoms with Crippen molar-refractivity contribution in [3.05, 3.63) is 23.3 Å². The molecule has 96 valence electrons. The zero-order chi connectivity index (χ0) is 13.2. The Morgan fingerprint density at radius 1 is 1.06 bits per heavy atom. The van der Waals surface area contributed by atoms with Crippen molar-refractivity contribution in [3.63, 3.8) is 0 Å². The van der Waals surface area contributed by atoms with Crippen LogP contribution in [0.15, 0.2) is 23.3 Å². The topological polar surface area (TPSA) is 37.4 Å². The Bertz CT molecular complexity index is 463. The Labute approximate surface area is 108 Å². The number of likely N-dealkylation sites (tertiary alicyclic amines) is 1. The van der Waals surface area contributed by atoms with Crippen LogP contribution in [0.25, 0.3) is 0 Å². The Hall–Kier alpha value is -1.38. The molecule has 0 N–H and O–H groups in total. The van der Waals surface area contributed by atoms with Crippen molar-refractivity contribution in [1.29, 1.82) is 0 Å². The average molecular weight is 245 g/mol. The molecule has 0 unspecified atom stereocenters. The van der Waals surface area contributed by atoms with Crippen LogP contribution in [-0.2, 0) is 9.59 Å². The summed E-state index contributed by atoms with van der Waals surface area (Å²) >= 11 is 0. The normalized spacial score (nSPS) is 37.2. The summed E-state index contributed by atoms with van der Waals surface area (Å²) < 4.78 is 0. The van der Waals surface area contributed by atoms with E-state index in [2.05, 4.69) is 26.0 Å². The second-order valence-corrected chi connectivity index (χ2v) is 6.08. The largest absolute Gasteiger partial charge is 0.279 e. The first-order valence-electron chi connectivity index (χ1n) is 6.67. The highest BCUT2D eigenvalue weighted by molar-refractivity contribution is 6.07. The molecular formula is C15H19NO2. The van der Waals surface area contributed by atoms with Crippen LogP contribution in [0.1, 0.15) is 27.7 Å². The zero-order valence-electron chi connectivity index (χ0n) is 11.3. The Morgan fingerprint density at radius 2 is 1.50 bits per heavy atom. The smallest absolute Gasteiger partial charge is 0.234 e. The van der Waals surface area contributed by atoms with Crippen LogP contribution >= 0.6 is 0 Å². The fourth-order valence-electron chi connectivity index (χ4n) is 3.96. The van der Waals surface area contributed by atoms with E-state index < -0.39 is 0 Å². The van der Waals surface area contributed by atoms with Crippen LogP contribution in [0.3, 0.4) is 0 Å². The predicted molar refractivity (Wildman–Crippen MR) is 68.5 cm³/mol. The van der Waals surface area contributed by atoms with Crippen LogP contribution in [0.4, 0.5) is 0 Å². The van der Waals surface area contributed by atoms with Crippen molar-refractivity contribution in [2.24, 2.45) is 23.7 Å². The molecule has 0 aromatic heterocycles. The summed E-state index contributed by atoms with van der Waals surface area (Å²) in [6.07, 6.45) is 4.26. The Balaban J connectivity index is 2.06. The van der Waals surface area contributed by atoms with Gasteiger partial charge in [-0.25, -0.2) is 0 Å². The van der Waals surface area contributed by atoms with E-state index >= 15 is 0 Å². The van der Waals surface area contributed by atoms with Gasteiger partial charge in [-0.15, -0.1) is 0 Å². The second-order valence-electron chi connectivity index (χ2n) is 6.08. The van der Waals surface area contributed by atoms with Gasteiger partial charge in [-0.05, 0) is 27.7 Å². The summed E-state index contributed by atoms with van der Waals surface area (Å²) in [4.78, 5) is 26.4. The highest BCUT2D eigenvalue weighted by atomic mass is 16.2. The fourth-order valence-corrected chi connectivity index (χ4v) is 3.96. The number of hydrogen-bond donors (Lipinski definition) is 0. The molecule has 0 spiro atoms. The molecule has 1 aliphatic heterocycles. The van der Waals surface area contributed by atoms with Gasteiger partial charge in [0.15, 0.2) is 0 Å². The van der Waals surface area contributed by atoms with Crippen LogP contribution < -0.4 is 0 Å². The third-order valence-corrected chi connectivity index (χ3v) is 4.54. The third-order valence-electron chi connectivity index (χ3n) is 4.54. The summed E-state index contributed by atoms with van der Waals surface area (Å²) in [6.45, 7) is 7.99. The Morgan fingerprint density at radius 3 is 1.83 bits per heavy atom. The first kappa shape index (κ1) is 11.7. The van der Waals surface area contributed by atoms with E-state index in [1.165, 1.54) is 16.0 Å². The highest BCUT2D eigenvalue weighted by Gasteiger charge is 2.61. The molecule has 2 fully saturated rings. The third kappa shape index (κ3) is 1.20. The number of nitrogens with zero attached hydrogens (tertiary/aromatic N) is 1. The van der Waals surface area contributed by atoms with Gasteiger partial charge in [0.05, 0.1) is 11.8 Å². The number of fused-ring (bicyclic) bond motifs is 5. The zero-order valence-corrected chi connectivity index (χ0v) is 11.3. The van der Waals surface area contributed by atoms with E-state index in [0.29, 0.717) is 0 Å². The molecule has 1 heterocycles. The van der Waals surface area contributed by atoms with Crippen LogP contribution in [0.2, 0.25) is 0 Å². The van der Waals surface area contributed by atoms with Gasteiger partial charge in [0.1, 0.15) is 0 Å². The summed E-state index contributed by atoms with van der Waals surface area (Å²) in [5.74, 6) is 0.168. The van der Waals surface area contributed by atoms with Crippen LogP contribution in [0, 0.1) is 23.7 Å². The minimum absolute atomic E-state index is 0.0230. The van der Waals surface area contributed by atoms with E-state index in [4.69, 9.17) is 0 Å². The lowest BCUT2D eigenvalue weighted by atomic mass is 9.85. The number of imide groups is 1. The van der Waals surface area contributed by atoms with Gasteiger partial charge in [-0.1, -0.05) is 23.3 Å². The second kappa shape index (κ2) is 3.56. The molecule has 2 aliphatic carbocycles. The average Bonchev–Trinajstić information content (AvgIpc) is 2.88. The number of carbonyl (C=O) groups excluding carboxylic acids is 2. The van der Waals surface area contributed by atoms with E-state index in [1.807, 2.05) is 13.8 Å². The van der Waals surface area contributed by atoms with Crippen molar-refractivity contribution in [1.82, 2.24) is 4.90 Å². The van der Waals surface area contributed by atoms with Gasteiger partial charge in [0.2, 0.25) is 11.8 Å². The number of rotatable bonds is 1. The summed E-state index contributed by atoms with van der Waals surface area (Å²) in [5, 5.41) is 0. The van der Waals surface area contributed by atoms with E-state index in [0.717, 1.165) is 0 Å². The van der Waals surface area contributed by atoms with E-state index in [-0.39, 0.29) is 41.5 Å². The quantitative estimate of drug-likeness (QED) is 0.524. The first-order chi connectivity index (χ1) is 8.45. The lowest BCUT2D eigenvalue weighted by molar-refractivity contribution is -0.142. The monoisotopic (exact) mass is 245 g/mol. The molecule has 2 bridgehead atoms. The van der Waals surface area contributed by atoms with E-state index in [9.17, 15) is 9.59 Å². The molecular weight excluding hydrogens is 226 g/mol. The summed E-state index contributed by atoms with van der Waals surface area (Å²) in [5.41, 5.74) is 2.58. The Kier molecular flexibility index (Phi) is 2.31. The lowest BCUT2D eigenvalue weighted by Gasteiger charge is -2.22. The van der Waals surface area contributed by atoms with Gasteiger partial charge in [-0.2, -0.15) is 0 Å². The maximum atomic E-state index is 12.4. The number of amides is 2. The molecule has 0 radical (unpaired) electrons. The van der Waals surface area contributed by atoms with Crippen molar-refractivity contribution in [2.75, 3.05) is 0 Å². The maximum absolute atomic E-state index is 12.4. The minimum Gasteiger partial charge on any atom is -0.279 e. The number of allylic oxidation sites excluding steroid dienone is 4. The lowest BCUT2D eigenvalue weighted by Crippen LogP contribution is -2.38. The first-order valence-corrected chi connectivity index (χ1v) is 6.67. The van der Waals surface area contributed by atoms with Gasteiger partial charge in [-0.3, -0.25) is 14.5 Å². The molecule has 3 aliphatic rings.